The van der Waals surface area contributed by atoms with E-state index in [1.807, 2.05) is 54.6 Å². The topological polar surface area (TPSA) is 38.3 Å². The number of nitrogens with one attached hydrogen (secondary N) is 1. The van der Waals surface area contributed by atoms with E-state index in [4.69, 9.17) is 4.74 Å². The average molecular weight is 321 g/mol. The number of ether oxygens (including phenoxy) is 1. The van der Waals surface area contributed by atoms with Gasteiger partial charge < -0.3 is 10.1 Å². The van der Waals surface area contributed by atoms with Gasteiger partial charge in [-0.3, -0.25) is 4.79 Å². The van der Waals surface area contributed by atoms with Gasteiger partial charge in [0.05, 0.1) is 0 Å². The third-order valence-corrected chi connectivity index (χ3v) is 5.45. The van der Waals surface area contributed by atoms with Gasteiger partial charge in [-0.2, -0.15) is 0 Å². The van der Waals surface area contributed by atoms with Crippen molar-refractivity contribution in [3.63, 3.8) is 0 Å². The van der Waals surface area contributed by atoms with Crippen molar-refractivity contribution in [3.8, 4) is 11.5 Å². The maximum atomic E-state index is 12.3. The number of hydrogen-bond acceptors (Lipinski definition) is 2. The van der Waals surface area contributed by atoms with Crippen LogP contribution in [-0.4, -0.2) is 5.91 Å². The molecule has 2 saturated carbocycles. The van der Waals surface area contributed by atoms with E-state index in [9.17, 15) is 4.79 Å². The van der Waals surface area contributed by atoms with Crippen LogP contribution < -0.4 is 10.1 Å². The fourth-order valence-electron chi connectivity index (χ4n) is 4.31. The Morgan fingerprint density at radius 3 is 2.38 bits per heavy atom. The summed E-state index contributed by atoms with van der Waals surface area (Å²) in [5.74, 6) is 4.01. The summed E-state index contributed by atoms with van der Waals surface area (Å²) in [4.78, 5) is 12.3. The van der Waals surface area contributed by atoms with Crippen LogP contribution in [0.15, 0.2) is 54.6 Å². The van der Waals surface area contributed by atoms with E-state index < -0.39 is 0 Å². The molecule has 4 rings (SSSR count). The summed E-state index contributed by atoms with van der Waals surface area (Å²) in [7, 11) is 0. The number of amides is 1. The minimum atomic E-state index is 0.143. The standard InChI is InChI=1S/C21H23NO2/c23-21(14-17-13-15-6-7-16(17)12-15)22-18-8-10-20(11-9-18)24-19-4-2-1-3-5-19/h1-5,8-11,15-17H,6-7,12-14H2,(H,22,23)/t15-,16-,17-/m1/s1. The van der Waals surface area contributed by atoms with E-state index in [1.165, 1.54) is 25.7 Å². The Morgan fingerprint density at radius 1 is 0.958 bits per heavy atom. The molecule has 0 heterocycles. The molecule has 0 spiro atoms. The molecule has 1 amide bonds. The predicted molar refractivity (Wildman–Crippen MR) is 95.1 cm³/mol. The van der Waals surface area contributed by atoms with Crippen LogP contribution >= 0.6 is 0 Å². The smallest absolute Gasteiger partial charge is 0.224 e. The van der Waals surface area contributed by atoms with Crippen molar-refractivity contribution in [2.45, 2.75) is 32.1 Å². The lowest BCUT2D eigenvalue weighted by atomic mass is 9.86. The molecule has 0 saturated heterocycles. The first-order chi connectivity index (χ1) is 11.8. The number of rotatable bonds is 5. The van der Waals surface area contributed by atoms with Crippen molar-refractivity contribution in [2.75, 3.05) is 5.32 Å². The number of hydrogen-bond donors (Lipinski definition) is 1. The van der Waals surface area contributed by atoms with E-state index in [1.54, 1.807) is 0 Å². The fourth-order valence-corrected chi connectivity index (χ4v) is 4.31. The normalized spacial score (nSPS) is 24.8. The molecular weight excluding hydrogens is 298 g/mol. The molecule has 2 aromatic rings. The van der Waals surface area contributed by atoms with Gasteiger partial charge in [-0.1, -0.05) is 24.6 Å². The van der Waals surface area contributed by atoms with Gasteiger partial charge in [-0.15, -0.1) is 0 Å². The highest BCUT2D eigenvalue weighted by molar-refractivity contribution is 5.90. The van der Waals surface area contributed by atoms with E-state index in [2.05, 4.69) is 5.32 Å². The molecule has 3 atom stereocenters. The first kappa shape index (κ1) is 15.3. The Bertz CT molecular complexity index is 696. The molecule has 2 aromatic carbocycles. The highest BCUT2D eigenvalue weighted by Gasteiger charge is 2.40. The van der Waals surface area contributed by atoms with Crippen LogP contribution in [0.4, 0.5) is 5.69 Å². The molecule has 2 aliphatic rings. The monoisotopic (exact) mass is 321 g/mol. The summed E-state index contributed by atoms with van der Waals surface area (Å²) >= 11 is 0. The number of carbonyl (C=O) groups excluding carboxylic acids is 1. The van der Waals surface area contributed by atoms with Crippen LogP contribution in [0.3, 0.4) is 0 Å². The summed E-state index contributed by atoms with van der Waals surface area (Å²) in [6, 6.07) is 17.3. The Kier molecular flexibility index (Phi) is 4.24. The van der Waals surface area contributed by atoms with Gasteiger partial charge in [0.25, 0.3) is 0 Å². The summed E-state index contributed by atoms with van der Waals surface area (Å²) in [6.07, 6.45) is 5.98. The van der Waals surface area contributed by atoms with Gasteiger partial charge in [0.1, 0.15) is 11.5 Å². The lowest BCUT2D eigenvalue weighted by Crippen LogP contribution is -2.20. The van der Waals surface area contributed by atoms with Crippen LogP contribution in [0.2, 0.25) is 0 Å². The Hall–Kier alpha value is -2.29. The van der Waals surface area contributed by atoms with E-state index in [0.717, 1.165) is 29.0 Å². The Morgan fingerprint density at radius 2 is 1.71 bits per heavy atom. The van der Waals surface area contributed by atoms with Crippen molar-refractivity contribution in [2.24, 2.45) is 17.8 Å². The SMILES string of the molecule is O=C(C[C@H]1C[C@@H]2CC[C@@H]1C2)Nc1ccc(Oc2ccccc2)cc1. The molecule has 124 valence electrons. The first-order valence-electron chi connectivity index (χ1n) is 8.89. The molecule has 0 aromatic heterocycles. The van der Waals surface area contributed by atoms with Crippen LogP contribution in [0.1, 0.15) is 32.1 Å². The maximum Gasteiger partial charge on any atom is 0.224 e. The second kappa shape index (κ2) is 6.68. The molecule has 2 aliphatic carbocycles. The van der Waals surface area contributed by atoms with Crippen molar-refractivity contribution in [3.05, 3.63) is 54.6 Å². The lowest BCUT2D eigenvalue weighted by Gasteiger charge is -2.20. The molecule has 0 aliphatic heterocycles. The molecule has 2 bridgehead atoms. The molecule has 3 nitrogen and oxygen atoms in total. The van der Waals surface area contributed by atoms with Crippen molar-refractivity contribution >= 4 is 11.6 Å². The van der Waals surface area contributed by atoms with Crippen LogP contribution in [0.25, 0.3) is 0 Å². The minimum absolute atomic E-state index is 0.143. The van der Waals surface area contributed by atoms with Gasteiger partial charge in [0.2, 0.25) is 5.91 Å². The van der Waals surface area contributed by atoms with Crippen molar-refractivity contribution < 1.29 is 9.53 Å². The third kappa shape index (κ3) is 3.45. The zero-order chi connectivity index (χ0) is 16.4. The Labute approximate surface area is 143 Å². The second-order valence-corrected chi connectivity index (χ2v) is 7.13. The zero-order valence-electron chi connectivity index (χ0n) is 13.8. The molecule has 3 heteroatoms. The first-order valence-corrected chi connectivity index (χ1v) is 8.89. The summed E-state index contributed by atoms with van der Waals surface area (Å²) in [6.45, 7) is 0. The van der Waals surface area contributed by atoms with Crippen molar-refractivity contribution in [1.82, 2.24) is 0 Å². The summed E-state index contributed by atoms with van der Waals surface area (Å²) in [5, 5.41) is 3.02. The third-order valence-electron chi connectivity index (χ3n) is 5.45. The number of para-hydroxylation sites is 1. The lowest BCUT2D eigenvalue weighted by molar-refractivity contribution is -0.117. The number of fused-ring (bicyclic) bond motifs is 2. The average Bonchev–Trinajstić information content (AvgIpc) is 3.20. The molecule has 0 radical (unpaired) electrons. The largest absolute Gasteiger partial charge is 0.457 e. The maximum absolute atomic E-state index is 12.3. The molecule has 0 unspecified atom stereocenters. The molecular formula is C21H23NO2. The molecule has 1 N–H and O–H groups in total. The van der Waals surface area contributed by atoms with E-state index in [-0.39, 0.29) is 5.91 Å². The van der Waals surface area contributed by atoms with Gasteiger partial charge in [0, 0.05) is 12.1 Å². The van der Waals surface area contributed by atoms with Crippen LogP contribution in [-0.2, 0) is 4.79 Å². The highest BCUT2D eigenvalue weighted by atomic mass is 16.5. The summed E-state index contributed by atoms with van der Waals surface area (Å²) < 4.78 is 5.77. The van der Waals surface area contributed by atoms with E-state index >= 15 is 0 Å². The quantitative estimate of drug-likeness (QED) is 0.817. The zero-order valence-corrected chi connectivity index (χ0v) is 13.8. The van der Waals surface area contributed by atoms with Gasteiger partial charge >= 0.3 is 0 Å². The van der Waals surface area contributed by atoms with Crippen LogP contribution in [0, 0.1) is 17.8 Å². The van der Waals surface area contributed by atoms with Crippen LogP contribution in [0.5, 0.6) is 11.5 Å². The van der Waals surface area contributed by atoms with Gasteiger partial charge in [-0.05, 0) is 73.4 Å². The molecule has 2 fully saturated rings. The fraction of sp³-hybridized carbons (Fsp3) is 0.381. The van der Waals surface area contributed by atoms with Gasteiger partial charge in [0.15, 0.2) is 0 Å². The van der Waals surface area contributed by atoms with Gasteiger partial charge in [-0.25, -0.2) is 0 Å². The second-order valence-electron chi connectivity index (χ2n) is 7.13. The van der Waals surface area contributed by atoms with E-state index in [0.29, 0.717) is 12.3 Å². The van der Waals surface area contributed by atoms with Crippen molar-refractivity contribution in [1.29, 1.82) is 0 Å². The highest BCUT2D eigenvalue weighted by Crippen LogP contribution is 2.49. The molecule has 24 heavy (non-hydrogen) atoms. The summed E-state index contributed by atoms with van der Waals surface area (Å²) in [5.41, 5.74) is 0.837. The number of anilines is 1. The predicted octanol–water partition coefficient (Wildman–Crippen LogP) is 5.24. The number of benzene rings is 2. The Balaban J connectivity index is 1.31. The minimum Gasteiger partial charge on any atom is -0.457 e. The number of carbonyl (C=O) groups is 1.